The number of carbonyl (C=O) groups is 2. The molecule has 1 heterocycles. The average molecular weight is 324 g/mol. The quantitative estimate of drug-likeness (QED) is 0.557. The van der Waals surface area contributed by atoms with Crippen molar-refractivity contribution in [2.24, 2.45) is 0 Å². The van der Waals surface area contributed by atoms with E-state index in [-0.39, 0.29) is 13.2 Å². The maximum Gasteiger partial charge on any atom is 0.359 e. The minimum absolute atomic E-state index is 0.134. The molecule has 0 N–H and O–H groups in total. The number of esters is 2. The molecular weight excluding hydrogens is 304 g/mol. The van der Waals surface area contributed by atoms with E-state index in [2.05, 4.69) is 0 Å². The van der Waals surface area contributed by atoms with Crippen molar-refractivity contribution in [3.63, 3.8) is 0 Å². The molecular formula is C16H20O7. The molecule has 0 aromatic heterocycles. The van der Waals surface area contributed by atoms with Crippen molar-refractivity contribution in [2.75, 3.05) is 26.4 Å². The Balaban J connectivity index is 2.21. The van der Waals surface area contributed by atoms with Gasteiger partial charge in [0.05, 0.1) is 26.4 Å². The average Bonchev–Trinajstić information content (AvgIpc) is 3.07. The van der Waals surface area contributed by atoms with Gasteiger partial charge in [-0.2, -0.15) is 0 Å². The van der Waals surface area contributed by atoms with E-state index < -0.39 is 24.3 Å². The second kappa shape index (κ2) is 8.50. The van der Waals surface area contributed by atoms with Gasteiger partial charge in [0, 0.05) is 5.56 Å². The summed E-state index contributed by atoms with van der Waals surface area (Å²) in [7, 11) is 0. The molecule has 0 atom stereocenters. The van der Waals surface area contributed by atoms with Gasteiger partial charge in [-0.3, -0.25) is 0 Å². The van der Waals surface area contributed by atoms with Gasteiger partial charge in [0.25, 0.3) is 6.10 Å². The van der Waals surface area contributed by atoms with Crippen molar-refractivity contribution in [3.05, 3.63) is 29.8 Å². The Kier molecular flexibility index (Phi) is 6.37. The van der Waals surface area contributed by atoms with Gasteiger partial charge in [-0.05, 0) is 19.9 Å². The minimum atomic E-state index is -1.49. The van der Waals surface area contributed by atoms with Gasteiger partial charge < -0.3 is 23.7 Å². The second-order valence-electron chi connectivity index (χ2n) is 4.61. The van der Waals surface area contributed by atoms with Crippen LogP contribution in [-0.4, -0.2) is 44.5 Å². The molecule has 0 radical (unpaired) electrons. The predicted molar refractivity (Wildman–Crippen MR) is 78.8 cm³/mol. The van der Waals surface area contributed by atoms with E-state index in [1.807, 2.05) is 0 Å². The van der Waals surface area contributed by atoms with Crippen LogP contribution in [0.25, 0.3) is 0 Å². The summed E-state index contributed by atoms with van der Waals surface area (Å²) in [6.07, 6.45) is -2.08. The standard InChI is InChI=1S/C16H20O7/c1-3-19-14(17)13(15(18)20-4-2)23-12-8-6-5-7-11(12)16-21-9-10-22-16/h5-8,13,16H,3-4,9-10H2,1-2H3. The highest BCUT2D eigenvalue weighted by Gasteiger charge is 2.33. The van der Waals surface area contributed by atoms with Gasteiger partial charge in [0.15, 0.2) is 6.29 Å². The number of hydrogen-bond acceptors (Lipinski definition) is 7. The van der Waals surface area contributed by atoms with Crippen molar-refractivity contribution >= 4 is 11.9 Å². The molecule has 7 heteroatoms. The topological polar surface area (TPSA) is 80.3 Å². The first-order valence-electron chi connectivity index (χ1n) is 7.49. The van der Waals surface area contributed by atoms with E-state index in [9.17, 15) is 9.59 Å². The van der Waals surface area contributed by atoms with Crippen LogP contribution in [0.2, 0.25) is 0 Å². The Morgan fingerprint density at radius 2 is 1.65 bits per heavy atom. The molecule has 1 aromatic rings. The molecule has 1 saturated heterocycles. The number of para-hydroxylation sites is 1. The van der Waals surface area contributed by atoms with Crippen molar-refractivity contribution in [2.45, 2.75) is 26.2 Å². The Bertz CT molecular complexity index is 519. The lowest BCUT2D eigenvalue weighted by Crippen LogP contribution is -2.39. The highest BCUT2D eigenvalue weighted by Crippen LogP contribution is 2.31. The smallest absolute Gasteiger partial charge is 0.359 e. The predicted octanol–water partition coefficient (Wildman–Crippen LogP) is 1.61. The van der Waals surface area contributed by atoms with Gasteiger partial charge in [-0.15, -0.1) is 0 Å². The van der Waals surface area contributed by atoms with Gasteiger partial charge in [0.2, 0.25) is 0 Å². The lowest BCUT2D eigenvalue weighted by atomic mass is 10.2. The lowest BCUT2D eigenvalue weighted by molar-refractivity contribution is -0.166. The fourth-order valence-electron chi connectivity index (χ4n) is 2.08. The lowest BCUT2D eigenvalue weighted by Gasteiger charge is -2.19. The van der Waals surface area contributed by atoms with Gasteiger partial charge >= 0.3 is 11.9 Å². The summed E-state index contributed by atoms with van der Waals surface area (Å²) in [4.78, 5) is 24.0. The fraction of sp³-hybridized carbons (Fsp3) is 0.500. The Hall–Kier alpha value is -2.12. The zero-order valence-electron chi connectivity index (χ0n) is 13.2. The largest absolute Gasteiger partial charge is 0.466 e. The van der Waals surface area contributed by atoms with Crippen LogP contribution in [0.5, 0.6) is 5.75 Å². The molecule has 0 spiro atoms. The molecule has 0 bridgehead atoms. The Morgan fingerprint density at radius 1 is 1.09 bits per heavy atom. The Morgan fingerprint density at radius 3 is 2.22 bits per heavy atom. The van der Waals surface area contributed by atoms with Crippen LogP contribution in [0.4, 0.5) is 0 Å². The molecule has 2 rings (SSSR count). The monoisotopic (exact) mass is 324 g/mol. The van der Waals surface area contributed by atoms with Crippen LogP contribution in [0, 0.1) is 0 Å². The third kappa shape index (κ3) is 4.43. The van der Waals surface area contributed by atoms with Gasteiger partial charge in [-0.25, -0.2) is 9.59 Å². The number of rotatable bonds is 7. The molecule has 1 aromatic carbocycles. The molecule has 0 amide bonds. The molecule has 23 heavy (non-hydrogen) atoms. The van der Waals surface area contributed by atoms with E-state index in [0.29, 0.717) is 24.5 Å². The second-order valence-corrected chi connectivity index (χ2v) is 4.61. The van der Waals surface area contributed by atoms with Gasteiger partial charge in [0.1, 0.15) is 5.75 Å². The molecule has 0 saturated carbocycles. The number of ether oxygens (including phenoxy) is 5. The maximum atomic E-state index is 12.0. The first kappa shape index (κ1) is 17.2. The highest BCUT2D eigenvalue weighted by atomic mass is 16.7. The van der Waals surface area contributed by atoms with E-state index in [1.165, 1.54) is 0 Å². The molecule has 0 unspecified atom stereocenters. The van der Waals surface area contributed by atoms with Crippen molar-refractivity contribution < 1.29 is 33.3 Å². The number of benzene rings is 1. The first-order chi connectivity index (χ1) is 11.2. The molecule has 7 nitrogen and oxygen atoms in total. The van der Waals surface area contributed by atoms with E-state index >= 15 is 0 Å². The van der Waals surface area contributed by atoms with Crippen LogP contribution in [0.15, 0.2) is 24.3 Å². The molecule has 0 aliphatic carbocycles. The van der Waals surface area contributed by atoms with Crippen molar-refractivity contribution in [1.29, 1.82) is 0 Å². The van der Waals surface area contributed by atoms with Crippen LogP contribution in [0.1, 0.15) is 25.7 Å². The van der Waals surface area contributed by atoms with Crippen LogP contribution in [0.3, 0.4) is 0 Å². The van der Waals surface area contributed by atoms with Crippen LogP contribution >= 0.6 is 0 Å². The highest BCUT2D eigenvalue weighted by molar-refractivity contribution is 5.98. The van der Waals surface area contributed by atoms with E-state index in [1.54, 1.807) is 38.1 Å². The SMILES string of the molecule is CCOC(=O)C(Oc1ccccc1C1OCCO1)C(=O)OCC. The molecule has 1 fully saturated rings. The molecule has 1 aliphatic rings. The van der Waals surface area contributed by atoms with Gasteiger partial charge in [-0.1, -0.05) is 18.2 Å². The third-order valence-corrected chi connectivity index (χ3v) is 3.04. The number of carbonyl (C=O) groups excluding carboxylic acids is 2. The van der Waals surface area contributed by atoms with Crippen molar-refractivity contribution in [3.8, 4) is 5.75 Å². The molecule has 126 valence electrons. The molecule has 1 aliphatic heterocycles. The zero-order valence-corrected chi connectivity index (χ0v) is 13.2. The van der Waals surface area contributed by atoms with Crippen molar-refractivity contribution in [1.82, 2.24) is 0 Å². The summed E-state index contributed by atoms with van der Waals surface area (Å²) in [5.74, 6) is -1.28. The van der Waals surface area contributed by atoms with Crippen LogP contribution in [-0.2, 0) is 28.5 Å². The number of hydrogen-bond donors (Lipinski definition) is 0. The summed E-state index contributed by atoms with van der Waals surface area (Å²) in [5.41, 5.74) is 0.601. The summed E-state index contributed by atoms with van der Waals surface area (Å²) >= 11 is 0. The zero-order chi connectivity index (χ0) is 16.7. The van der Waals surface area contributed by atoms with E-state index in [0.717, 1.165) is 0 Å². The normalized spacial score (nSPS) is 14.7. The minimum Gasteiger partial charge on any atom is -0.466 e. The summed E-state index contributed by atoms with van der Waals surface area (Å²) in [6, 6.07) is 6.89. The third-order valence-electron chi connectivity index (χ3n) is 3.04. The Labute approximate surface area is 134 Å². The summed E-state index contributed by atoms with van der Waals surface area (Å²) in [6.45, 7) is 4.50. The van der Waals surface area contributed by atoms with Crippen LogP contribution < -0.4 is 4.74 Å². The summed E-state index contributed by atoms with van der Waals surface area (Å²) < 4.78 is 26.2. The summed E-state index contributed by atoms with van der Waals surface area (Å²) in [5, 5.41) is 0. The first-order valence-corrected chi connectivity index (χ1v) is 7.49. The van der Waals surface area contributed by atoms with E-state index in [4.69, 9.17) is 23.7 Å². The maximum absolute atomic E-state index is 12.0. The fourth-order valence-corrected chi connectivity index (χ4v) is 2.08.